The Morgan fingerprint density at radius 3 is 2.68 bits per heavy atom. The molecule has 3 N–H and O–H groups in total. The maximum Gasteiger partial charge on any atom is 0.210 e. The second kappa shape index (κ2) is 9.58. The number of aromatic nitrogens is 3. The van der Waals surface area contributed by atoms with Gasteiger partial charge in [0.2, 0.25) is 6.41 Å². The number of hydrogen-bond donors (Lipinski definition) is 3. The molecule has 0 saturated carbocycles. The predicted octanol–water partition coefficient (Wildman–Crippen LogP) is 4.99. The summed E-state index contributed by atoms with van der Waals surface area (Å²) < 4.78 is 6.07. The molecule has 3 aliphatic rings. The Bertz CT molecular complexity index is 1530. The standard InChI is InChI=1S/C27H27N9O2/c1-16-9-17(3-7-24(16)38-20-4-5-21(29-2)23(11-20)34-28)32-27-26-22(30-14-31-27)6-8-25(33-26)35-12-18-10-19(13-35)36(18)15-37/h3-9,11,14-15,18-19,28-29H,10,12-13H2,1-2H3,(H,30,31,32). The van der Waals surface area contributed by atoms with E-state index in [0.29, 0.717) is 28.5 Å². The summed E-state index contributed by atoms with van der Waals surface area (Å²) in [6.07, 6.45) is 3.54. The zero-order valence-corrected chi connectivity index (χ0v) is 21.0. The van der Waals surface area contributed by atoms with Gasteiger partial charge in [0, 0.05) is 31.9 Å². The lowest BCUT2D eigenvalue weighted by Gasteiger charge is -2.55. The molecule has 2 atom stereocenters. The normalized spacial score (nSPS) is 18.1. The van der Waals surface area contributed by atoms with Crippen molar-refractivity contribution in [1.29, 1.82) is 5.53 Å². The average Bonchev–Trinajstić information content (AvgIpc) is 2.94. The Labute approximate surface area is 219 Å². The molecule has 0 radical (unpaired) electrons. The topological polar surface area (TPSA) is 132 Å². The molecule has 2 aromatic heterocycles. The minimum Gasteiger partial charge on any atom is -0.457 e. The first-order valence-electron chi connectivity index (χ1n) is 12.4. The number of aryl methyl sites for hydroxylation is 1. The van der Waals surface area contributed by atoms with Gasteiger partial charge >= 0.3 is 0 Å². The van der Waals surface area contributed by atoms with E-state index in [1.54, 1.807) is 13.1 Å². The van der Waals surface area contributed by atoms with E-state index >= 15 is 0 Å². The molecular formula is C27H27N9O2. The van der Waals surface area contributed by atoms with E-state index in [-0.39, 0.29) is 12.1 Å². The van der Waals surface area contributed by atoms with Crippen LogP contribution in [0.3, 0.4) is 0 Å². The average molecular weight is 510 g/mol. The highest BCUT2D eigenvalue weighted by atomic mass is 16.5. The van der Waals surface area contributed by atoms with Gasteiger partial charge in [-0.05, 0) is 61.4 Å². The fourth-order valence-electron chi connectivity index (χ4n) is 5.18. The molecule has 4 aromatic rings. The number of pyridine rings is 1. The van der Waals surface area contributed by atoms with Crippen molar-refractivity contribution in [3.8, 4) is 11.5 Å². The highest BCUT2D eigenvalue weighted by molar-refractivity contribution is 5.88. The predicted molar refractivity (Wildman–Crippen MR) is 145 cm³/mol. The van der Waals surface area contributed by atoms with Gasteiger partial charge in [0.25, 0.3) is 0 Å². The van der Waals surface area contributed by atoms with E-state index in [0.717, 1.165) is 54.2 Å². The first-order valence-corrected chi connectivity index (χ1v) is 12.4. The quantitative estimate of drug-likeness (QED) is 0.224. The monoisotopic (exact) mass is 509 g/mol. The Morgan fingerprint density at radius 2 is 1.95 bits per heavy atom. The number of benzene rings is 2. The minimum absolute atomic E-state index is 0.256. The largest absolute Gasteiger partial charge is 0.457 e. The number of fused-ring (bicyclic) bond motifs is 3. The van der Waals surface area contributed by atoms with Crippen molar-refractivity contribution in [2.45, 2.75) is 25.4 Å². The number of anilines is 4. The summed E-state index contributed by atoms with van der Waals surface area (Å²) in [6, 6.07) is 15.6. The number of carbonyl (C=O) groups excluding carboxylic acids is 1. The molecule has 2 aromatic carbocycles. The molecule has 11 nitrogen and oxygen atoms in total. The van der Waals surface area contributed by atoms with E-state index in [4.69, 9.17) is 15.3 Å². The van der Waals surface area contributed by atoms with Gasteiger partial charge in [-0.2, -0.15) is 5.11 Å². The maximum absolute atomic E-state index is 11.3. The fourth-order valence-corrected chi connectivity index (χ4v) is 5.18. The number of carbonyl (C=O) groups is 1. The van der Waals surface area contributed by atoms with E-state index in [1.165, 1.54) is 6.33 Å². The van der Waals surface area contributed by atoms with Crippen molar-refractivity contribution in [3.05, 3.63) is 60.4 Å². The number of piperazine rings is 1. The van der Waals surface area contributed by atoms with Gasteiger partial charge in [0.05, 0.1) is 23.3 Å². The molecule has 0 spiro atoms. The van der Waals surface area contributed by atoms with Crippen molar-refractivity contribution < 1.29 is 9.53 Å². The van der Waals surface area contributed by atoms with E-state index in [2.05, 4.69) is 30.6 Å². The lowest BCUT2D eigenvalue weighted by molar-refractivity contribution is -0.131. The smallest absolute Gasteiger partial charge is 0.210 e. The molecule has 3 fully saturated rings. The first-order chi connectivity index (χ1) is 18.6. The molecule has 2 bridgehead atoms. The number of piperidine rings is 1. The van der Waals surface area contributed by atoms with Gasteiger partial charge in [-0.25, -0.2) is 20.5 Å². The summed E-state index contributed by atoms with van der Waals surface area (Å²) in [5.74, 6) is 2.78. The van der Waals surface area contributed by atoms with Crippen LogP contribution in [0.4, 0.5) is 28.7 Å². The molecule has 192 valence electrons. The number of nitrogens with one attached hydrogen (secondary N) is 3. The van der Waals surface area contributed by atoms with Gasteiger partial charge in [0.15, 0.2) is 5.82 Å². The van der Waals surface area contributed by atoms with E-state index in [9.17, 15) is 4.79 Å². The SMILES string of the molecule is CNc1ccc(Oc2ccc(Nc3ncnc4ccc(N5CC6CC(C5)N6C=O)nc34)cc2C)cc1N=N. The highest BCUT2D eigenvalue weighted by Crippen LogP contribution is 2.35. The lowest BCUT2D eigenvalue weighted by atomic mass is 9.88. The molecule has 7 rings (SSSR count). The number of ether oxygens (including phenoxy) is 1. The second-order valence-corrected chi connectivity index (χ2v) is 9.51. The van der Waals surface area contributed by atoms with Crippen LogP contribution >= 0.6 is 0 Å². The van der Waals surface area contributed by atoms with Crippen LogP contribution in [0.2, 0.25) is 0 Å². The first kappa shape index (κ1) is 23.6. The molecule has 38 heavy (non-hydrogen) atoms. The fraction of sp³-hybridized carbons (Fsp3) is 0.259. The van der Waals surface area contributed by atoms with Gasteiger partial charge in [-0.15, -0.1) is 0 Å². The Morgan fingerprint density at radius 1 is 1.11 bits per heavy atom. The summed E-state index contributed by atoms with van der Waals surface area (Å²) in [5, 5.41) is 9.96. The summed E-state index contributed by atoms with van der Waals surface area (Å²) in [5.41, 5.74) is 11.9. The third kappa shape index (κ3) is 4.21. The highest BCUT2D eigenvalue weighted by Gasteiger charge is 2.44. The molecule has 3 saturated heterocycles. The van der Waals surface area contributed by atoms with Crippen LogP contribution < -0.4 is 20.3 Å². The molecular weight excluding hydrogens is 482 g/mol. The Hall–Kier alpha value is -4.80. The minimum atomic E-state index is 0.256. The summed E-state index contributed by atoms with van der Waals surface area (Å²) in [7, 11) is 1.79. The number of hydrogen-bond acceptors (Lipinski definition) is 10. The summed E-state index contributed by atoms with van der Waals surface area (Å²) in [6.45, 7) is 3.52. The zero-order valence-electron chi connectivity index (χ0n) is 21.0. The Balaban J connectivity index is 1.22. The van der Waals surface area contributed by atoms with Crippen LogP contribution in [0.25, 0.3) is 11.0 Å². The van der Waals surface area contributed by atoms with Gasteiger partial charge in [-0.3, -0.25) is 4.79 Å². The molecule has 0 aliphatic carbocycles. The lowest BCUT2D eigenvalue weighted by Crippen LogP contribution is -2.68. The third-order valence-corrected chi connectivity index (χ3v) is 7.19. The number of nitrogens with zero attached hydrogens (tertiary/aromatic N) is 6. The van der Waals surface area contributed by atoms with Crippen molar-refractivity contribution in [1.82, 2.24) is 19.9 Å². The van der Waals surface area contributed by atoms with Gasteiger partial charge in [-0.1, -0.05) is 0 Å². The van der Waals surface area contributed by atoms with Crippen LogP contribution in [0.1, 0.15) is 12.0 Å². The van der Waals surface area contributed by atoms with Crippen molar-refractivity contribution in [2.24, 2.45) is 5.11 Å². The maximum atomic E-state index is 11.3. The van der Waals surface area contributed by atoms with Crippen LogP contribution in [-0.2, 0) is 4.79 Å². The van der Waals surface area contributed by atoms with Crippen LogP contribution in [0.5, 0.6) is 11.5 Å². The van der Waals surface area contributed by atoms with Gasteiger partial charge in [0.1, 0.15) is 34.8 Å². The van der Waals surface area contributed by atoms with Crippen molar-refractivity contribution in [3.63, 3.8) is 0 Å². The third-order valence-electron chi connectivity index (χ3n) is 7.19. The summed E-state index contributed by atoms with van der Waals surface area (Å²) in [4.78, 5) is 29.2. The molecule has 1 amide bonds. The van der Waals surface area contributed by atoms with Crippen LogP contribution in [0, 0.1) is 12.5 Å². The molecule has 2 unspecified atom stereocenters. The molecule has 3 aliphatic heterocycles. The second-order valence-electron chi connectivity index (χ2n) is 9.51. The zero-order chi connectivity index (χ0) is 26.2. The number of rotatable bonds is 8. The summed E-state index contributed by atoms with van der Waals surface area (Å²) >= 11 is 0. The molecule has 11 heteroatoms. The van der Waals surface area contributed by atoms with E-state index in [1.807, 2.05) is 54.3 Å². The van der Waals surface area contributed by atoms with Crippen molar-refractivity contribution >= 4 is 46.1 Å². The molecule has 5 heterocycles. The van der Waals surface area contributed by atoms with Crippen molar-refractivity contribution in [2.75, 3.05) is 35.7 Å². The Kier molecular flexibility index (Phi) is 5.95. The van der Waals surface area contributed by atoms with Gasteiger partial charge < -0.3 is 25.2 Å². The van der Waals surface area contributed by atoms with Crippen LogP contribution in [-0.4, -0.2) is 58.5 Å². The van der Waals surface area contributed by atoms with Crippen LogP contribution in [0.15, 0.2) is 60.0 Å². The number of amides is 1. The van der Waals surface area contributed by atoms with E-state index < -0.39 is 0 Å².